The molecular weight excluding hydrogens is 444 g/mol. The Kier molecular flexibility index (Phi) is 7.73. The number of carboxylic acid groups (broad SMARTS) is 1. The standard InChI is InChI=1S/C28H34N2O5/c1-17(2)14-25(26(31)29-19-9-7-8-18(15-19)27(32)33)30-28(34)35-16-24-22-12-5-3-10-20(22)21-11-4-6-13-23(21)24/h3-6,10-13,17-19,24-25H,7-9,14-16H2,1-2H3,(H,29,31)(H,30,34)(H,32,33)/t18-,19-,25+/m1/s1. The number of fused-ring (bicyclic) bond motifs is 3. The number of aliphatic carboxylic acids is 1. The van der Waals surface area contributed by atoms with Crippen LogP contribution in [0.15, 0.2) is 48.5 Å². The zero-order valence-electron chi connectivity index (χ0n) is 20.3. The molecule has 0 aliphatic heterocycles. The summed E-state index contributed by atoms with van der Waals surface area (Å²) in [5, 5.41) is 15.0. The minimum absolute atomic E-state index is 0.0549. The van der Waals surface area contributed by atoms with E-state index in [1.807, 2.05) is 38.1 Å². The number of rotatable bonds is 8. The second kappa shape index (κ2) is 10.9. The van der Waals surface area contributed by atoms with Crippen LogP contribution >= 0.6 is 0 Å². The number of alkyl carbamates (subject to hydrolysis) is 1. The lowest BCUT2D eigenvalue weighted by molar-refractivity contribution is -0.143. The Morgan fingerprint density at radius 3 is 2.23 bits per heavy atom. The maximum atomic E-state index is 13.0. The highest BCUT2D eigenvalue weighted by Gasteiger charge is 2.32. The summed E-state index contributed by atoms with van der Waals surface area (Å²) in [5.41, 5.74) is 4.56. The van der Waals surface area contributed by atoms with Crippen LogP contribution in [0.1, 0.15) is 63.0 Å². The summed E-state index contributed by atoms with van der Waals surface area (Å²) in [6, 6.07) is 15.3. The van der Waals surface area contributed by atoms with Gasteiger partial charge in [0.25, 0.3) is 0 Å². The molecule has 186 valence electrons. The Hall–Kier alpha value is -3.35. The number of carbonyl (C=O) groups is 3. The van der Waals surface area contributed by atoms with Crippen LogP contribution in [-0.4, -0.2) is 41.8 Å². The number of ether oxygens (including phenoxy) is 1. The van der Waals surface area contributed by atoms with E-state index >= 15 is 0 Å². The van der Waals surface area contributed by atoms with Crippen molar-refractivity contribution in [2.75, 3.05) is 6.61 Å². The summed E-state index contributed by atoms with van der Waals surface area (Å²) in [7, 11) is 0. The van der Waals surface area contributed by atoms with Crippen molar-refractivity contribution in [1.29, 1.82) is 0 Å². The van der Waals surface area contributed by atoms with E-state index in [9.17, 15) is 19.5 Å². The van der Waals surface area contributed by atoms with Crippen molar-refractivity contribution in [3.05, 3.63) is 59.7 Å². The molecule has 2 aliphatic rings. The molecule has 2 aromatic rings. The fraction of sp³-hybridized carbons (Fsp3) is 0.464. The number of nitrogens with one attached hydrogen (secondary N) is 2. The molecule has 1 fully saturated rings. The van der Waals surface area contributed by atoms with E-state index in [0.29, 0.717) is 19.3 Å². The lowest BCUT2D eigenvalue weighted by Gasteiger charge is -2.29. The fourth-order valence-corrected chi connectivity index (χ4v) is 5.33. The highest BCUT2D eigenvalue weighted by Crippen LogP contribution is 2.44. The first-order chi connectivity index (χ1) is 16.8. The lowest BCUT2D eigenvalue weighted by Crippen LogP contribution is -2.51. The Balaban J connectivity index is 1.38. The van der Waals surface area contributed by atoms with Gasteiger partial charge >= 0.3 is 12.1 Å². The first-order valence-electron chi connectivity index (χ1n) is 12.5. The fourth-order valence-electron chi connectivity index (χ4n) is 5.33. The molecule has 7 nitrogen and oxygen atoms in total. The van der Waals surface area contributed by atoms with Gasteiger partial charge in [0.05, 0.1) is 5.92 Å². The van der Waals surface area contributed by atoms with E-state index in [1.54, 1.807) is 0 Å². The predicted molar refractivity (Wildman–Crippen MR) is 133 cm³/mol. The van der Waals surface area contributed by atoms with Crippen molar-refractivity contribution in [1.82, 2.24) is 10.6 Å². The van der Waals surface area contributed by atoms with Crippen molar-refractivity contribution >= 4 is 18.0 Å². The van der Waals surface area contributed by atoms with Gasteiger partial charge in [-0.1, -0.05) is 68.8 Å². The Morgan fingerprint density at radius 1 is 1.00 bits per heavy atom. The summed E-state index contributed by atoms with van der Waals surface area (Å²) < 4.78 is 5.63. The molecule has 0 aromatic heterocycles. The Bertz CT molecular complexity index is 1040. The molecule has 2 aromatic carbocycles. The second-order valence-electron chi connectivity index (χ2n) is 10.1. The quantitative estimate of drug-likeness (QED) is 0.510. The highest BCUT2D eigenvalue weighted by atomic mass is 16.5. The van der Waals surface area contributed by atoms with Crippen LogP contribution in [0.5, 0.6) is 0 Å². The molecule has 3 N–H and O–H groups in total. The van der Waals surface area contributed by atoms with Crippen molar-refractivity contribution < 1.29 is 24.2 Å². The van der Waals surface area contributed by atoms with Gasteiger partial charge in [-0.3, -0.25) is 9.59 Å². The Morgan fingerprint density at radius 2 is 1.63 bits per heavy atom. The zero-order valence-corrected chi connectivity index (χ0v) is 20.3. The van der Waals surface area contributed by atoms with Gasteiger partial charge in [-0.25, -0.2) is 4.79 Å². The van der Waals surface area contributed by atoms with Crippen molar-refractivity contribution in [3.63, 3.8) is 0 Å². The number of hydrogen-bond acceptors (Lipinski definition) is 4. The average Bonchev–Trinajstić information content (AvgIpc) is 3.16. The van der Waals surface area contributed by atoms with Gasteiger partial charge in [-0.05, 0) is 53.9 Å². The summed E-state index contributed by atoms with van der Waals surface area (Å²) in [6.07, 6.45) is 2.39. The van der Waals surface area contributed by atoms with E-state index in [2.05, 4.69) is 34.9 Å². The number of hydrogen-bond donors (Lipinski definition) is 3. The average molecular weight is 479 g/mol. The SMILES string of the molecule is CC(C)C[C@H](NC(=O)OCC1c2ccccc2-c2ccccc21)C(=O)N[C@@H]1CCC[C@@H](C(=O)O)C1. The van der Waals surface area contributed by atoms with E-state index in [0.717, 1.165) is 35.1 Å². The maximum Gasteiger partial charge on any atom is 0.407 e. The minimum atomic E-state index is -0.820. The molecule has 2 amide bonds. The van der Waals surface area contributed by atoms with Crippen LogP contribution in [0.25, 0.3) is 11.1 Å². The largest absolute Gasteiger partial charge is 0.481 e. The van der Waals surface area contributed by atoms with E-state index in [-0.39, 0.29) is 30.4 Å². The number of benzene rings is 2. The normalized spacial score (nSPS) is 20.0. The number of amides is 2. The predicted octanol–water partition coefficient (Wildman–Crippen LogP) is 4.70. The molecule has 0 saturated heterocycles. The van der Waals surface area contributed by atoms with E-state index < -0.39 is 24.0 Å². The molecule has 4 rings (SSSR count). The summed E-state index contributed by atoms with van der Waals surface area (Å²) in [6.45, 7) is 4.15. The topological polar surface area (TPSA) is 105 Å². The first kappa shape index (κ1) is 24.8. The van der Waals surface area contributed by atoms with Crippen molar-refractivity contribution in [2.45, 2.75) is 64.0 Å². The molecule has 7 heteroatoms. The van der Waals surface area contributed by atoms with Gasteiger partial charge in [0.15, 0.2) is 0 Å². The zero-order chi connectivity index (χ0) is 24.9. The molecule has 3 atom stereocenters. The van der Waals surface area contributed by atoms with Crippen molar-refractivity contribution in [2.24, 2.45) is 11.8 Å². The van der Waals surface area contributed by atoms with Crippen LogP contribution in [0.2, 0.25) is 0 Å². The molecule has 2 aliphatic carbocycles. The van der Waals surface area contributed by atoms with Crippen LogP contribution < -0.4 is 10.6 Å². The third-order valence-electron chi connectivity index (χ3n) is 7.03. The van der Waals surface area contributed by atoms with Gasteiger partial charge in [0, 0.05) is 12.0 Å². The second-order valence-corrected chi connectivity index (χ2v) is 10.1. The monoisotopic (exact) mass is 478 g/mol. The van der Waals surface area contributed by atoms with Gasteiger partial charge in [-0.15, -0.1) is 0 Å². The van der Waals surface area contributed by atoms with Crippen molar-refractivity contribution in [3.8, 4) is 11.1 Å². The van der Waals surface area contributed by atoms with Crippen LogP contribution in [0.4, 0.5) is 4.79 Å². The smallest absolute Gasteiger partial charge is 0.407 e. The van der Waals surface area contributed by atoms with Crippen LogP contribution in [0, 0.1) is 11.8 Å². The summed E-state index contributed by atoms with van der Waals surface area (Å²) in [5.74, 6) is -1.42. The molecule has 1 saturated carbocycles. The van der Waals surface area contributed by atoms with Gasteiger partial charge in [0.1, 0.15) is 12.6 Å². The van der Waals surface area contributed by atoms with Crippen LogP contribution in [0.3, 0.4) is 0 Å². The summed E-state index contributed by atoms with van der Waals surface area (Å²) in [4.78, 5) is 37.1. The third-order valence-corrected chi connectivity index (χ3v) is 7.03. The molecule has 0 radical (unpaired) electrons. The lowest BCUT2D eigenvalue weighted by atomic mass is 9.85. The molecule has 0 bridgehead atoms. The molecule has 35 heavy (non-hydrogen) atoms. The molecule has 0 spiro atoms. The Labute approximate surface area is 206 Å². The first-order valence-corrected chi connectivity index (χ1v) is 12.5. The number of carboxylic acids is 1. The van der Waals surface area contributed by atoms with Crippen LogP contribution in [-0.2, 0) is 14.3 Å². The number of carbonyl (C=O) groups excluding carboxylic acids is 2. The summed E-state index contributed by atoms with van der Waals surface area (Å²) >= 11 is 0. The van der Waals surface area contributed by atoms with E-state index in [1.165, 1.54) is 0 Å². The van der Waals surface area contributed by atoms with Gasteiger partial charge < -0.3 is 20.5 Å². The van der Waals surface area contributed by atoms with Gasteiger partial charge in [0.2, 0.25) is 5.91 Å². The minimum Gasteiger partial charge on any atom is -0.481 e. The van der Waals surface area contributed by atoms with E-state index in [4.69, 9.17) is 4.74 Å². The molecular formula is C28H34N2O5. The molecule has 0 heterocycles. The van der Waals surface area contributed by atoms with Gasteiger partial charge in [-0.2, -0.15) is 0 Å². The maximum absolute atomic E-state index is 13.0. The molecule has 0 unspecified atom stereocenters. The highest BCUT2D eigenvalue weighted by molar-refractivity contribution is 5.86. The third kappa shape index (κ3) is 5.84.